The minimum absolute atomic E-state index is 0.106. The second-order valence-electron chi connectivity index (χ2n) is 28.5. The van der Waals surface area contributed by atoms with Gasteiger partial charge in [-0.2, -0.15) is 0 Å². The van der Waals surface area contributed by atoms with Crippen LogP contribution in [0, 0.1) is 17.8 Å². The minimum Gasteiger partial charge on any atom is -0.462 e. The molecule has 0 aromatic heterocycles. The van der Waals surface area contributed by atoms with Crippen LogP contribution in [0.2, 0.25) is 0 Å². The van der Waals surface area contributed by atoms with Crippen LogP contribution in [0.3, 0.4) is 0 Å². The van der Waals surface area contributed by atoms with E-state index in [2.05, 4.69) is 48.5 Å². The first-order valence-corrected chi connectivity index (χ1v) is 41.8. The molecule has 558 valence electrons. The molecule has 0 rings (SSSR count). The zero-order chi connectivity index (χ0) is 69.4. The molecule has 0 aliphatic carbocycles. The van der Waals surface area contributed by atoms with Crippen LogP contribution >= 0.6 is 15.6 Å². The van der Waals surface area contributed by atoms with Crippen LogP contribution < -0.4 is 0 Å². The molecule has 0 amide bonds. The fraction of sp³-hybridized carbons (Fsp3) is 0.947. The van der Waals surface area contributed by atoms with Gasteiger partial charge in [-0.3, -0.25) is 37.3 Å². The van der Waals surface area contributed by atoms with Crippen molar-refractivity contribution in [1.29, 1.82) is 0 Å². The summed E-state index contributed by atoms with van der Waals surface area (Å²) in [4.78, 5) is 72.7. The van der Waals surface area contributed by atoms with Crippen LogP contribution in [0.15, 0.2) is 0 Å². The number of hydrogen-bond donors (Lipinski definition) is 3. The van der Waals surface area contributed by atoms with Gasteiger partial charge in [0.2, 0.25) is 0 Å². The van der Waals surface area contributed by atoms with Crippen LogP contribution in [-0.2, 0) is 65.4 Å². The number of carbonyl (C=O) groups is 4. The largest absolute Gasteiger partial charge is 0.472 e. The first-order valence-electron chi connectivity index (χ1n) is 38.8. The maximum absolute atomic E-state index is 13.1. The average molecular weight is 1380 g/mol. The number of unbranched alkanes of at least 4 members (excludes halogenated alkanes) is 41. The Kier molecular flexibility index (Phi) is 64.3. The maximum atomic E-state index is 13.1. The monoisotopic (exact) mass is 1380 g/mol. The quantitative estimate of drug-likeness (QED) is 0.0222. The molecular formula is C75H146O17P2. The standard InChI is InChI=1S/C75H146O17P2/c1-8-9-10-11-12-35-42-49-56-72(77)85-62-70(91-75(80)59-52-45-38-31-25-19-22-28-34-41-48-55-68(6)7)64-89-93(81,82)87-60-69(76)61-88-94(83,84)90-65-71(92-74(79)58-51-44-37-30-24-18-14-16-21-27-33-40-47-54-67(4)5)63-86-73(78)57-50-43-36-29-23-17-13-15-20-26-32-39-46-53-66(2)3/h66-71,76H,8-65H2,1-7H3,(H,81,82)(H,83,84)/t69-,70+,71+/m0/s1. The number of ether oxygens (including phenoxy) is 4. The minimum atomic E-state index is -4.96. The number of carbonyl (C=O) groups excluding carboxylic acids is 4. The smallest absolute Gasteiger partial charge is 0.462 e. The Bertz CT molecular complexity index is 1840. The number of phosphoric acid groups is 2. The Labute approximate surface area is 575 Å². The molecule has 0 heterocycles. The van der Waals surface area contributed by atoms with E-state index in [0.717, 1.165) is 114 Å². The summed E-state index contributed by atoms with van der Waals surface area (Å²) in [6, 6.07) is 0. The van der Waals surface area contributed by atoms with Gasteiger partial charge in [0.25, 0.3) is 0 Å². The lowest BCUT2D eigenvalue weighted by Gasteiger charge is -2.21. The molecule has 2 unspecified atom stereocenters. The first kappa shape index (κ1) is 92.1. The van der Waals surface area contributed by atoms with Gasteiger partial charge in [-0.15, -0.1) is 0 Å². The van der Waals surface area contributed by atoms with Crippen molar-refractivity contribution >= 4 is 39.5 Å². The molecule has 0 aliphatic rings. The van der Waals surface area contributed by atoms with E-state index in [9.17, 15) is 43.2 Å². The lowest BCUT2D eigenvalue weighted by molar-refractivity contribution is -0.161. The van der Waals surface area contributed by atoms with Crippen molar-refractivity contribution in [3.8, 4) is 0 Å². The molecule has 0 bridgehead atoms. The van der Waals surface area contributed by atoms with Gasteiger partial charge in [-0.05, 0) is 43.4 Å². The fourth-order valence-corrected chi connectivity index (χ4v) is 13.0. The first-order chi connectivity index (χ1) is 45.2. The van der Waals surface area contributed by atoms with Gasteiger partial charge in [0.1, 0.15) is 19.3 Å². The molecule has 0 radical (unpaired) electrons. The predicted octanol–water partition coefficient (Wildman–Crippen LogP) is 21.8. The maximum Gasteiger partial charge on any atom is 0.472 e. The summed E-state index contributed by atoms with van der Waals surface area (Å²) < 4.78 is 68.4. The summed E-state index contributed by atoms with van der Waals surface area (Å²) >= 11 is 0. The molecule has 5 atom stereocenters. The van der Waals surface area contributed by atoms with E-state index in [1.165, 1.54) is 186 Å². The highest BCUT2D eigenvalue weighted by molar-refractivity contribution is 7.47. The molecule has 3 N–H and O–H groups in total. The number of aliphatic hydroxyl groups excluding tert-OH is 1. The Morgan fingerprint density at radius 1 is 0.287 bits per heavy atom. The predicted molar refractivity (Wildman–Crippen MR) is 381 cm³/mol. The number of hydrogen-bond acceptors (Lipinski definition) is 15. The molecule has 94 heavy (non-hydrogen) atoms. The van der Waals surface area contributed by atoms with Crippen molar-refractivity contribution in [3.05, 3.63) is 0 Å². The zero-order valence-corrected chi connectivity index (χ0v) is 63.2. The highest BCUT2D eigenvalue weighted by atomic mass is 31.2. The molecule has 0 aromatic carbocycles. The molecule has 0 aliphatic heterocycles. The summed E-state index contributed by atoms with van der Waals surface area (Å²) in [5, 5.41) is 10.6. The summed E-state index contributed by atoms with van der Waals surface area (Å²) in [6.07, 6.45) is 51.3. The van der Waals surface area contributed by atoms with Crippen molar-refractivity contribution in [1.82, 2.24) is 0 Å². The van der Waals surface area contributed by atoms with Crippen molar-refractivity contribution in [2.45, 2.75) is 401 Å². The summed E-state index contributed by atoms with van der Waals surface area (Å²) in [5.41, 5.74) is 0. The Balaban J connectivity index is 5.22. The molecule has 0 spiro atoms. The molecule has 0 saturated carbocycles. The van der Waals surface area contributed by atoms with Gasteiger partial charge in [0.15, 0.2) is 12.2 Å². The van der Waals surface area contributed by atoms with Gasteiger partial charge in [-0.1, -0.05) is 331 Å². The van der Waals surface area contributed by atoms with Gasteiger partial charge >= 0.3 is 39.5 Å². The number of aliphatic hydroxyl groups is 1. The fourth-order valence-electron chi connectivity index (χ4n) is 11.4. The van der Waals surface area contributed by atoms with Crippen LogP contribution in [0.5, 0.6) is 0 Å². The molecule has 19 heteroatoms. The van der Waals surface area contributed by atoms with Gasteiger partial charge in [-0.25, -0.2) is 9.13 Å². The molecule has 17 nitrogen and oxygen atoms in total. The summed E-state index contributed by atoms with van der Waals surface area (Å²) in [6.45, 7) is 11.9. The normalized spacial score (nSPS) is 14.1. The van der Waals surface area contributed by atoms with Crippen molar-refractivity contribution in [2.24, 2.45) is 17.8 Å². The Hall–Kier alpha value is -1.94. The van der Waals surface area contributed by atoms with Gasteiger partial charge < -0.3 is 33.8 Å². The highest BCUT2D eigenvalue weighted by Gasteiger charge is 2.30. The van der Waals surface area contributed by atoms with E-state index < -0.39 is 97.5 Å². The number of esters is 4. The van der Waals surface area contributed by atoms with Gasteiger partial charge in [0.05, 0.1) is 26.4 Å². The van der Waals surface area contributed by atoms with E-state index >= 15 is 0 Å². The van der Waals surface area contributed by atoms with E-state index in [1.807, 2.05) is 0 Å². The van der Waals surface area contributed by atoms with Crippen LogP contribution in [0.1, 0.15) is 382 Å². The van der Waals surface area contributed by atoms with Crippen molar-refractivity contribution in [2.75, 3.05) is 39.6 Å². The van der Waals surface area contributed by atoms with E-state index in [-0.39, 0.29) is 25.7 Å². The van der Waals surface area contributed by atoms with Crippen LogP contribution in [0.25, 0.3) is 0 Å². The third-order valence-electron chi connectivity index (χ3n) is 17.4. The third-order valence-corrected chi connectivity index (χ3v) is 19.3. The topological polar surface area (TPSA) is 237 Å². The zero-order valence-electron chi connectivity index (χ0n) is 61.4. The molecular weight excluding hydrogens is 1230 g/mol. The summed E-state index contributed by atoms with van der Waals surface area (Å²) in [7, 11) is -9.91. The van der Waals surface area contributed by atoms with E-state index in [0.29, 0.717) is 25.7 Å². The second kappa shape index (κ2) is 65.7. The van der Waals surface area contributed by atoms with E-state index in [1.54, 1.807) is 0 Å². The Morgan fingerprint density at radius 2 is 0.489 bits per heavy atom. The lowest BCUT2D eigenvalue weighted by Crippen LogP contribution is -2.30. The SMILES string of the molecule is CCCCCCCCCCC(=O)OC[C@H](COP(=O)(O)OC[C@H](O)COP(=O)(O)OC[C@@H](COC(=O)CCCCCCCCCCCCCCCC(C)C)OC(=O)CCCCCCCCCCCCCCCC(C)C)OC(=O)CCCCCCCCCCCCCC(C)C. The van der Waals surface area contributed by atoms with E-state index in [4.69, 9.17) is 37.0 Å². The van der Waals surface area contributed by atoms with Crippen LogP contribution in [0.4, 0.5) is 0 Å². The second-order valence-corrected chi connectivity index (χ2v) is 31.4. The molecule has 0 fully saturated rings. The van der Waals surface area contributed by atoms with Crippen LogP contribution in [-0.4, -0.2) is 96.7 Å². The van der Waals surface area contributed by atoms with Crippen molar-refractivity contribution in [3.63, 3.8) is 0 Å². The average Bonchev–Trinajstić information content (AvgIpc) is 1.21. The Morgan fingerprint density at radius 3 is 0.723 bits per heavy atom. The molecule has 0 aromatic rings. The third kappa shape index (κ3) is 68.6. The number of rotatable bonds is 73. The molecule has 0 saturated heterocycles. The highest BCUT2D eigenvalue weighted by Crippen LogP contribution is 2.45. The van der Waals surface area contributed by atoms with Crippen molar-refractivity contribution < 1.29 is 80.2 Å². The van der Waals surface area contributed by atoms with Gasteiger partial charge in [0, 0.05) is 25.7 Å². The number of phosphoric ester groups is 2. The summed E-state index contributed by atoms with van der Waals surface area (Å²) in [5.74, 6) is 0.223. The lowest BCUT2D eigenvalue weighted by atomic mass is 10.0.